The summed E-state index contributed by atoms with van der Waals surface area (Å²) in [4.78, 5) is 41.4. The highest BCUT2D eigenvalue weighted by Gasteiger charge is 2.23. The SMILES string of the molecule is O=C(O)/C=C/C(=O)Nc1ccc(SC(C(=O)Nc2nc(-c3ccc4ccccc4c3)cs2)c2ccccc2)cc1. The minimum Gasteiger partial charge on any atom is -0.478 e. The first kappa shape index (κ1) is 26.9. The molecule has 1 aromatic heterocycles. The Hall–Kier alpha value is -4.73. The molecule has 0 saturated carbocycles. The Morgan fingerprint density at radius 3 is 2.30 bits per heavy atom. The molecule has 0 bridgehead atoms. The van der Waals surface area contributed by atoms with Crippen molar-refractivity contribution in [1.29, 1.82) is 0 Å². The van der Waals surface area contributed by atoms with Gasteiger partial charge in [-0.1, -0.05) is 66.7 Å². The van der Waals surface area contributed by atoms with Crippen molar-refractivity contribution in [2.45, 2.75) is 10.1 Å². The van der Waals surface area contributed by atoms with Crippen LogP contribution in [0.15, 0.2) is 119 Å². The summed E-state index contributed by atoms with van der Waals surface area (Å²) in [6.45, 7) is 0. The molecule has 0 aliphatic carbocycles. The topological polar surface area (TPSA) is 108 Å². The average molecular weight is 566 g/mol. The molecule has 1 unspecified atom stereocenters. The third-order valence-electron chi connectivity index (χ3n) is 5.87. The van der Waals surface area contributed by atoms with E-state index in [4.69, 9.17) is 5.11 Å². The zero-order valence-electron chi connectivity index (χ0n) is 21.0. The van der Waals surface area contributed by atoms with E-state index in [0.29, 0.717) is 10.8 Å². The summed E-state index contributed by atoms with van der Waals surface area (Å²) >= 11 is 2.75. The first-order chi connectivity index (χ1) is 19.4. The van der Waals surface area contributed by atoms with Gasteiger partial charge in [0.2, 0.25) is 11.8 Å². The van der Waals surface area contributed by atoms with Crippen LogP contribution in [0.1, 0.15) is 10.8 Å². The third kappa shape index (κ3) is 6.82. The van der Waals surface area contributed by atoms with Crippen molar-refractivity contribution in [2.24, 2.45) is 0 Å². The van der Waals surface area contributed by atoms with Gasteiger partial charge in [0.05, 0.1) is 5.69 Å². The second-order valence-corrected chi connectivity index (χ2v) is 10.7. The summed E-state index contributed by atoms with van der Waals surface area (Å²) < 4.78 is 0. The van der Waals surface area contributed by atoms with Crippen molar-refractivity contribution < 1.29 is 19.5 Å². The lowest BCUT2D eigenvalue weighted by molar-refractivity contribution is -0.131. The van der Waals surface area contributed by atoms with Crippen LogP contribution in [0.4, 0.5) is 10.8 Å². The van der Waals surface area contributed by atoms with Gasteiger partial charge in [0.25, 0.3) is 0 Å². The number of aliphatic carboxylic acids is 1. The first-order valence-electron chi connectivity index (χ1n) is 12.2. The maximum absolute atomic E-state index is 13.5. The predicted molar refractivity (Wildman–Crippen MR) is 161 cm³/mol. The Balaban J connectivity index is 1.30. The van der Waals surface area contributed by atoms with Gasteiger partial charge < -0.3 is 15.7 Å². The zero-order valence-corrected chi connectivity index (χ0v) is 22.6. The number of nitrogens with zero attached hydrogens (tertiary/aromatic N) is 1. The van der Waals surface area contributed by atoms with E-state index < -0.39 is 17.1 Å². The molecule has 7 nitrogen and oxygen atoms in total. The molecular formula is C31H23N3O4S2. The fraction of sp³-hybridized carbons (Fsp3) is 0.0323. The molecule has 4 aromatic carbocycles. The minimum atomic E-state index is -1.20. The summed E-state index contributed by atoms with van der Waals surface area (Å²) in [5, 5.41) is 18.4. The fourth-order valence-electron chi connectivity index (χ4n) is 3.97. The number of rotatable bonds is 9. The Morgan fingerprint density at radius 2 is 1.55 bits per heavy atom. The van der Waals surface area contributed by atoms with E-state index in [-0.39, 0.29) is 5.91 Å². The Labute approximate surface area is 238 Å². The van der Waals surface area contributed by atoms with Crippen LogP contribution in [-0.4, -0.2) is 27.9 Å². The lowest BCUT2D eigenvalue weighted by Gasteiger charge is -2.16. The highest BCUT2D eigenvalue weighted by molar-refractivity contribution is 8.00. The fourth-order valence-corrected chi connectivity index (χ4v) is 5.72. The number of fused-ring (bicyclic) bond motifs is 1. The molecule has 0 spiro atoms. The monoisotopic (exact) mass is 565 g/mol. The summed E-state index contributed by atoms with van der Waals surface area (Å²) in [6, 6.07) is 30.8. The summed E-state index contributed by atoms with van der Waals surface area (Å²) in [7, 11) is 0. The number of carbonyl (C=O) groups excluding carboxylic acids is 2. The molecule has 1 atom stereocenters. The van der Waals surface area contributed by atoms with Crippen LogP contribution in [0.2, 0.25) is 0 Å². The number of anilines is 2. The summed E-state index contributed by atoms with van der Waals surface area (Å²) in [5.41, 5.74) is 3.13. The molecule has 9 heteroatoms. The predicted octanol–water partition coefficient (Wildman–Crippen LogP) is 7.01. The minimum absolute atomic E-state index is 0.202. The van der Waals surface area contributed by atoms with Gasteiger partial charge in [-0.05, 0) is 46.7 Å². The molecule has 3 N–H and O–H groups in total. The van der Waals surface area contributed by atoms with Gasteiger partial charge in [0.15, 0.2) is 5.13 Å². The van der Waals surface area contributed by atoms with Gasteiger partial charge in [-0.3, -0.25) is 9.59 Å². The van der Waals surface area contributed by atoms with E-state index in [1.54, 1.807) is 24.3 Å². The molecule has 40 heavy (non-hydrogen) atoms. The second kappa shape index (κ2) is 12.4. The van der Waals surface area contributed by atoms with Crippen LogP contribution in [-0.2, 0) is 14.4 Å². The number of carbonyl (C=O) groups is 3. The maximum Gasteiger partial charge on any atom is 0.328 e. The summed E-state index contributed by atoms with van der Waals surface area (Å²) in [6.07, 6.45) is 1.72. The molecule has 2 amide bonds. The number of amides is 2. The van der Waals surface area contributed by atoms with Gasteiger partial charge in [-0.15, -0.1) is 23.1 Å². The van der Waals surface area contributed by atoms with Gasteiger partial charge in [-0.25, -0.2) is 9.78 Å². The zero-order chi connectivity index (χ0) is 27.9. The average Bonchev–Trinajstić information content (AvgIpc) is 3.44. The number of thioether (sulfide) groups is 1. The van der Waals surface area contributed by atoms with Crippen LogP contribution in [0, 0.1) is 0 Å². The van der Waals surface area contributed by atoms with E-state index in [9.17, 15) is 14.4 Å². The number of carboxylic acids is 1. The molecule has 198 valence electrons. The van der Waals surface area contributed by atoms with Gasteiger partial charge in [0.1, 0.15) is 5.25 Å². The molecule has 0 fully saturated rings. The molecular weight excluding hydrogens is 542 g/mol. The summed E-state index contributed by atoms with van der Waals surface area (Å²) in [5.74, 6) is -1.95. The lowest BCUT2D eigenvalue weighted by Crippen LogP contribution is -2.19. The number of benzene rings is 4. The van der Waals surface area contributed by atoms with E-state index in [0.717, 1.165) is 44.6 Å². The molecule has 5 rings (SSSR count). The van der Waals surface area contributed by atoms with Gasteiger partial charge in [0, 0.05) is 33.7 Å². The normalized spacial score (nSPS) is 11.8. The highest BCUT2D eigenvalue weighted by Crippen LogP contribution is 2.37. The van der Waals surface area contributed by atoms with Crippen LogP contribution >= 0.6 is 23.1 Å². The molecule has 0 radical (unpaired) electrons. The van der Waals surface area contributed by atoms with Crippen molar-refractivity contribution >= 4 is 62.5 Å². The quantitative estimate of drug-likeness (QED) is 0.131. The van der Waals surface area contributed by atoms with Gasteiger partial charge in [-0.2, -0.15) is 0 Å². The third-order valence-corrected chi connectivity index (χ3v) is 7.90. The number of carboxylic acid groups (broad SMARTS) is 1. The number of nitrogens with one attached hydrogen (secondary N) is 2. The lowest BCUT2D eigenvalue weighted by atomic mass is 10.1. The van der Waals surface area contributed by atoms with E-state index in [1.165, 1.54) is 23.1 Å². The van der Waals surface area contributed by atoms with Crippen LogP contribution < -0.4 is 10.6 Å². The number of aromatic nitrogens is 1. The van der Waals surface area contributed by atoms with E-state index in [1.807, 2.05) is 53.9 Å². The van der Waals surface area contributed by atoms with Crippen molar-refractivity contribution in [3.8, 4) is 11.3 Å². The van der Waals surface area contributed by atoms with Crippen molar-refractivity contribution in [2.75, 3.05) is 10.6 Å². The van der Waals surface area contributed by atoms with Crippen molar-refractivity contribution in [1.82, 2.24) is 4.98 Å². The van der Waals surface area contributed by atoms with Crippen LogP contribution in [0.3, 0.4) is 0 Å². The molecule has 0 saturated heterocycles. The maximum atomic E-state index is 13.5. The highest BCUT2D eigenvalue weighted by atomic mass is 32.2. The molecule has 1 heterocycles. The van der Waals surface area contributed by atoms with Crippen molar-refractivity contribution in [3.63, 3.8) is 0 Å². The number of hydrogen-bond acceptors (Lipinski definition) is 6. The Bertz CT molecular complexity index is 1700. The second-order valence-electron chi connectivity index (χ2n) is 8.68. The van der Waals surface area contributed by atoms with Crippen LogP contribution in [0.5, 0.6) is 0 Å². The Kier molecular flexibility index (Phi) is 8.34. The standard InChI is InChI=1S/C31H23N3O4S2/c35-27(16-17-28(36)37)32-24-12-14-25(15-13-24)40-29(21-7-2-1-3-8-21)30(38)34-31-33-26(19-39-31)23-11-10-20-6-4-5-9-22(20)18-23/h1-19,29H,(H,32,35)(H,36,37)(H,33,34,38)/b17-16+. The van der Waals surface area contributed by atoms with Crippen molar-refractivity contribution in [3.05, 3.63) is 120 Å². The van der Waals surface area contributed by atoms with E-state index >= 15 is 0 Å². The molecule has 0 aliphatic rings. The smallest absolute Gasteiger partial charge is 0.328 e. The molecule has 5 aromatic rings. The van der Waals surface area contributed by atoms with Gasteiger partial charge >= 0.3 is 5.97 Å². The first-order valence-corrected chi connectivity index (χ1v) is 14.0. The number of hydrogen-bond donors (Lipinski definition) is 3. The molecule has 0 aliphatic heterocycles. The largest absolute Gasteiger partial charge is 0.478 e. The van der Waals surface area contributed by atoms with Crippen LogP contribution in [0.25, 0.3) is 22.0 Å². The van der Waals surface area contributed by atoms with E-state index in [2.05, 4.69) is 39.9 Å². The number of thiazole rings is 1. The Morgan fingerprint density at radius 1 is 0.825 bits per heavy atom.